The zero-order valence-electron chi connectivity index (χ0n) is 14.8. The van der Waals surface area contributed by atoms with Crippen molar-refractivity contribution < 1.29 is 0 Å². The van der Waals surface area contributed by atoms with Crippen molar-refractivity contribution in [1.29, 1.82) is 0 Å². The molecule has 0 fully saturated rings. The topological polar surface area (TPSA) is 39.1 Å². The lowest BCUT2D eigenvalue weighted by molar-refractivity contribution is 0.377. The Morgan fingerprint density at radius 1 is 0.692 bits per heavy atom. The SMILES string of the molecule is CC(C)(C)n1c(=O)c2ccc3sc4ccccc4c4ccc(c1=O)c2c34. The van der Waals surface area contributed by atoms with E-state index in [-0.39, 0.29) is 11.1 Å². The lowest BCUT2D eigenvalue weighted by Gasteiger charge is -2.23. The molecule has 2 aromatic heterocycles. The van der Waals surface area contributed by atoms with Crippen LogP contribution in [0, 0.1) is 0 Å². The summed E-state index contributed by atoms with van der Waals surface area (Å²) in [5.41, 5.74) is -0.973. The van der Waals surface area contributed by atoms with Crippen molar-refractivity contribution >= 4 is 53.1 Å². The van der Waals surface area contributed by atoms with Crippen LogP contribution in [0.1, 0.15) is 20.8 Å². The van der Waals surface area contributed by atoms with Crippen molar-refractivity contribution in [3.8, 4) is 0 Å². The molecule has 0 unspecified atom stereocenters. The van der Waals surface area contributed by atoms with Crippen molar-refractivity contribution in [2.24, 2.45) is 0 Å². The van der Waals surface area contributed by atoms with E-state index in [1.165, 1.54) is 9.27 Å². The highest BCUT2D eigenvalue weighted by molar-refractivity contribution is 7.25. The van der Waals surface area contributed by atoms with E-state index < -0.39 is 5.54 Å². The molecule has 0 saturated carbocycles. The molecule has 0 radical (unpaired) electrons. The summed E-state index contributed by atoms with van der Waals surface area (Å²) >= 11 is 1.70. The highest BCUT2D eigenvalue weighted by Gasteiger charge is 2.23. The largest absolute Gasteiger partial charge is 0.269 e. The molecule has 26 heavy (non-hydrogen) atoms. The molecule has 0 N–H and O–H groups in total. The maximum Gasteiger partial charge on any atom is 0.261 e. The fourth-order valence-corrected chi connectivity index (χ4v) is 5.09. The molecule has 5 rings (SSSR count). The third kappa shape index (κ3) is 1.88. The monoisotopic (exact) mass is 359 g/mol. The number of nitrogens with zero attached hydrogens (tertiary/aromatic N) is 1. The number of hydrogen-bond donors (Lipinski definition) is 0. The zero-order valence-corrected chi connectivity index (χ0v) is 15.6. The smallest absolute Gasteiger partial charge is 0.261 e. The van der Waals surface area contributed by atoms with Crippen LogP contribution in [-0.2, 0) is 5.54 Å². The second-order valence-corrected chi connectivity index (χ2v) is 8.82. The Morgan fingerprint density at radius 2 is 1.31 bits per heavy atom. The molecule has 4 heteroatoms. The summed E-state index contributed by atoms with van der Waals surface area (Å²) in [4.78, 5) is 26.3. The van der Waals surface area contributed by atoms with Crippen molar-refractivity contribution in [3.63, 3.8) is 0 Å². The number of aromatic nitrogens is 1. The van der Waals surface area contributed by atoms with E-state index in [9.17, 15) is 9.59 Å². The molecule has 5 aromatic rings. The lowest BCUT2D eigenvalue weighted by atomic mass is 9.97. The van der Waals surface area contributed by atoms with Gasteiger partial charge in [-0.3, -0.25) is 14.2 Å². The molecule has 0 bridgehead atoms. The van der Waals surface area contributed by atoms with Crippen LogP contribution in [0.5, 0.6) is 0 Å². The molecule has 2 heterocycles. The first kappa shape index (κ1) is 15.5. The van der Waals surface area contributed by atoms with Crippen LogP contribution < -0.4 is 11.1 Å². The Labute approximate surface area is 153 Å². The minimum atomic E-state index is -0.562. The first-order chi connectivity index (χ1) is 12.4. The minimum Gasteiger partial charge on any atom is -0.269 e. The minimum absolute atomic E-state index is 0.206. The maximum atomic E-state index is 13.1. The Hall–Kier alpha value is -2.72. The lowest BCUT2D eigenvalue weighted by Crippen LogP contribution is -2.43. The van der Waals surface area contributed by atoms with Gasteiger partial charge in [0.25, 0.3) is 11.1 Å². The van der Waals surface area contributed by atoms with Crippen molar-refractivity contribution in [2.75, 3.05) is 0 Å². The molecule has 0 atom stereocenters. The van der Waals surface area contributed by atoms with Gasteiger partial charge in [0.2, 0.25) is 0 Å². The summed E-state index contributed by atoms with van der Waals surface area (Å²) in [5.74, 6) is 0. The van der Waals surface area contributed by atoms with Crippen LogP contribution in [0.3, 0.4) is 0 Å². The summed E-state index contributed by atoms with van der Waals surface area (Å²) < 4.78 is 3.69. The van der Waals surface area contributed by atoms with Gasteiger partial charge in [-0.15, -0.1) is 11.3 Å². The highest BCUT2D eigenvalue weighted by Crippen LogP contribution is 2.39. The van der Waals surface area contributed by atoms with E-state index in [1.54, 1.807) is 11.3 Å². The van der Waals surface area contributed by atoms with Gasteiger partial charge >= 0.3 is 0 Å². The molecule has 3 aromatic carbocycles. The van der Waals surface area contributed by atoms with Crippen LogP contribution in [0.4, 0.5) is 0 Å². The van der Waals surface area contributed by atoms with E-state index in [0.717, 1.165) is 26.2 Å². The maximum absolute atomic E-state index is 13.1. The fraction of sp³-hybridized carbons (Fsp3) is 0.182. The van der Waals surface area contributed by atoms with Gasteiger partial charge in [-0.2, -0.15) is 0 Å². The summed E-state index contributed by atoms with van der Waals surface area (Å²) in [7, 11) is 0. The second-order valence-electron chi connectivity index (χ2n) is 7.74. The van der Waals surface area contributed by atoms with Crippen LogP contribution in [-0.4, -0.2) is 4.57 Å². The first-order valence-electron chi connectivity index (χ1n) is 8.64. The van der Waals surface area contributed by atoms with Gasteiger partial charge in [0.15, 0.2) is 0 Å². The summed E-state index contributed by atoms with van der Waals surface area (Å²) in [6.45, 7) is 5.68. The van der Waals surface area contributed by atoms with Gasteiger partial charge in [-0.25, -0.2) is 0 Å². The van der Waals surface area contributed by atoms with Crippen molar-refractivity contribution in [3.05, 3.63) is 69.2 Å². The molecule has 0 aliphatic rings. The Morgan fingerprint density at radius 3 is 2.00 bits per heavy atom. The van der Waals surface area contributed by atoms with E-state index in [0.29, 0.717) is 10.8 Å². The highest BCUT2D eigenvalue weighted by atomic mass is 32.1. The van der Waals surface area contributed by atoms with Crippen LogP contribution in [0.15, 0.2) is 58.1 Å². The number of rotatable bonds is 0. The molecular weight excluding hydrogens is 342 g/mol. The van der Waals surface area contributed by atoms with Crippen LogP contribution in [0.25, 0.3) is 41.7 Å². The van der Waals surface area contributed by atoms with Crippen LogP contribution in [0.2, 0.25) is 0 Å². The Bertz CT molecular complexity index is 1420. The fourth-order valence-electron chi connectivity index (χ4n) is 3.97. The average molecular weight is 359 g/mol. The van der Waals surface area contributed by atoms with Crippen molar-refractivity contribution in [1.82, 2.24) is 4.57 Å². The number of pyridine rings is 1. The van der Waals surface area contributed by atoms with Gasteiger partial charge in [0, 0.05) is 36.5 Å². The normalized spacial score (nSPS) is 12.7. The number of fused-ring (bicyclic) bond motifs is 2. The van der Waals surface area contributed by atoms with Gasteiger partial charge in [0.1, 0.15) is 0 Å². The molecule has 3 nitrogen and oxygen atoms in total. The van der Waals surface area contributed by atoms with E-state index in [2.05, 4.69) is 12.1 Å². The third-order valence-corrected chi connectivity index (χ3v) is 6.19. The standard InChI is InChI=1S/C22H17NO2S/c1-22(2,3)23-20(24)14-9-8-13-12-6-4-5-7-16(12)26-17-11-10-15(21(23)25)18(14)19(13)17/h4-11H,1-3H3. The van der Waals surface area contributed by atoms with Gasteiger partial charge in [0.05, 0.1) is 0 Å². The quantitative estimate of drug-likeness (QED) is 0.286. The summed E-state index contributed by atoms with van der Waals surface area (Å²) in [6.07, 6.45) is 0. The van der Waals surface area contributed by atoms with E-state index >= 15 is 0 Å². The van der Waals surface area contributed by atoms with Gasteiger partial charge < -0.3 is 0 Å². The Kier molecular flexibility index (Phi) is 2.94. The number of benzene rings is 3. The molecular formula is C22H17NO2S. The van der Waals surface area contributed by atoms with Crippen LogP contribution >= 0.6 is 11.3 Å². The molecule has 128 valence electrons. The second kappa shape index (κ2) is 4.92. The Balaban J connectivity index is 2.15. The third-order valence-electron chi connectivity index (χ3n) is 5.06. The van der Waals surface area contributed by atoms with E-state index in [1.807, 2.05) is 57.2 Å². The summed E-state index contributed by atoms with van der Waals surface area (Å²) in [6, 6.07) is 16.1. The zero-order chi connectivity index (χ0) is 18.2. The molecule has 0 saturated heterocycles. The first-order valence-corrected chi connectivity index (χ1v) is 9.45. The molecule has 0 amide bonds. The average Bonchev–Trinajstić information content (AvgIpc) is 2.60. The van der Waals surface area contributed by atoms with Gasteiger partial charge in [-0.05, 0) is 55.8 Å². The molecule has 0 aliphatic carbocycles. The van der Waals surface area contributed by atoms with E-state index in [4.69, 9.17) is 0 Å². The summed E-state index contributed by atoms with van der Waals surface area (Å²) in [5, 5.41) is 5.33. The number of hydrogen-bond acceptors (Lipinski definition) is 3. The van der Waals surface area contributed by atoms with Gasteiger partial charge in [-0.1, -0.05) is 24.3 Å². The predicted octanol–water partition coefficient (Wildman–Crippen LogP) is 5.08. The molecule has 0 aliphatic heterocycles. The molecule has 0 spiro atoms. The van der Waals surface area contributed by atoms with Crippen molar-refractivity contribution in [2.45, 2.75) is 26.3 Å². The predicted molar refractivity (Wildman–Crippen MR) is 111 cm³/mol.